The van der Waals surface area contributed by atoms with E-state index in [4.69, 9.17) is 26.8 Å². The van der Waals surface area contributed by atoms with Crippen LogP contribution in [0.15, 0.2) is 48.5 Å². The summed E-state index contributed by atoms with van der Waals surface area (Å²) in [6.45, 7) is 2.91. The summed E-state index contributed by atoms with van der Waals surface area (Å²) in [5, 5.41) is 11.9. The predicted molar refractivity (Wildman–Crippen MR) is 143 cm³/mol. The smallest absolute Gasteiger partial charge is 0.170 e. The Labute approximate surface area is 216 Å². The fourth-order valence-electron chi connectivity index (χ4n) is 5.57. The molecule has 2 aromatic carbocycles. The minimum absolute atomic E-state index is 0.260. The number of nitrogens with zero attached hydrogens (tertiary/aromatic N) is 3. The van der Waals surface area contributed by atoms with Gasteiger partial charge in [0, 0.05) is 49.0 Å². The second-order valence-corrected chi connectivity index (χ2v) is 9.94. The van der Waals surface area contributed by atoms with Gasteiger partial charge in [0.1, 0.15) is 5.82 Å². The topological polar surface area (TPSA) is 63.6 Å². The third-order valence-corrected chi connectivity index (χ3v) is 7.70. The van der Waals surface area contributed by atoms with Gasteiger partial charge in [-0.2, -0.15) is 5.10 Å². The van der Waals surface area contributed by atoms with E-state index in [0.29, 0.717) is 34.5 Å². The molecule has 4 heterocycles. The first-order valence-corrected chi connectivity index (χ1v) is 12.7. The highest BCUT2D eigenvalue weighted by atomic mass is 32.1. The molecule has 3 saturated heterocycles. The van der Waals surface area contributed by atoms with E-state index >= 15 is 0 Å². The minimum Gasteiger partial charge on any atom is -0.493 e. The molecule has 7 nitrogen and oxygen atoms in total. The standard InChI is InChI=1S/C27H32FN5O2S/c1-32-24(14-23(31-32)18-4-9-25(34-2)26(13-18)35-3)22-16-33-11-10-17(22)12-21(33)15-29-27(36)30-20-7-5-19(28)6-8-20/h4-9,13-14,17,21-22H,10-12,15-16H2,1-3H3,(H2,29,30,36). The van der Waals surface area contributed by atoms with E-state index in [9.17, 15) is 4.39 Å². The average Bonchev–Trinajstić information content (AvgIpc) is 3.30. The van der Waals surface area contributed by atoms with Gasteiger partial charge in [-0.05, 0) is 86.1 Å². The Morgan fingerprint density at radius 1 is 1.11 bits per heavy atom. The maximum atomic E-state index is 13.1. The molecule has 3 fully saturated rings. The lowest BCUT2D eigenvalue weighted by molar-refractivity contribution is 0.0303. The SMILES string of the molecule is COc1ccc(-c2cc(C3CN4CCC3CC4CNC(=S)Nc3ccc(F)cc3)n(C)n2)cc1OC. The van der Waals surface area contributed by atoms with Crippen molar-refractivity contribution in [3.63, 3.8) is 0 Å². The van der Waals surface area contributed by atoms with Gasteiger partial charge < -0.3 is 20.1 Å². The number of methoxy groups -OCH3 is 2. The maximum absolute atomic E-state index is 13.1. The van der Waals surface area contributed by atoms with Gasteiger partial charge in [-0.15, -0.1) is 0 Å². The molecule has 0 radical (unpaired) electrons. The van der Waals surface area contributed by atoms with E-state index < -0.39 is 0 Å². The summed E-state index contributed by atoms with van der Waals surface area (Å²) in [5.41, 5.74) is 4.01. The molecule has 36 heavy (non-hydrogen) atoms. The molecule has 0 spiro atoms. The van der Waals surface area contributed by atoms with Crippen molar-refractivity contribution in [1.29, 1.82) is 0 Å². The van der Waals surface area contributed by atoms with Gasteiger partial charge in [0.2, 0.25) is 0 Å². The van der Waals surface area contributed by atoms with Gasteiger partial charge in [0.15, 0.2) is 16.6 Å². The monoisotopic (exact) mass is 509 g/mol. The lowest BCUT2D eigenvalue weighted by Gasteiger charge is -2.50. The van der Waals surface area contributed by atoms with Gasteiger partial charge >= 0.3 is 0 Å². The van der Waals surface area contributed by atoms with Crippen LogP contribution in [0.3, 0.4) is 0 Å². The zero-order chi connectivity index (χ0) is 25.2. The Morgan fingerprint density at radius 2 is 1.89 bits per heavy atom. The number of aryl methyl sites for hydroxylation is 1. The highest BCUT2D eigenvalue weighted by Gasteiger charge is 2.41. The summed E-state index contributed by atoms with van der Waals surface area (Å²) in [7, 11) is 5.33. The quantitative estimate of drug-likeness (QED) is 0.458. The highest BCUT2D eigenvalue weighted by Crippen LogP contribution is 2.42. The number of rotatable bonds is 7. The second-order valence-electron chi connectivity index (χ2n) is 9.53. The Bertz CT molecular complexity index is 1230. The second kappa shape index (κ2) is 10.4. The fraction of sp³-hybridized carbons (Fsp3) is 0.407. The Balaban J connectivity index is 1.22. The Kier molecular flexibility index (Phi) is 7.11. The summed E-state index contributed by atoms with van der Waals surface area (Å²) in [5.74, 6) is 2.21. The van der Waals surface area contributed by atoms with Gasteiger partial charge in [-0.1, -0.05) is 0 Å². The molecule has 2 N–H and O–H groups in total. The number of aromatic nitrogens is 2. The van der Waals surface area contributed by atoms with E-state index in [1.165, 1.54) is 24.2 Å². The number of benzene rings is 2. The molecule has 6 rings (SSSR count). The number of piperidine rings is 3. The molecule has 3 aliphatic heterocycles. The van der Waals surface area contributed by atoms with Gasteiger partial charge in [0.25, 0.3) is 0 Å². The summed E-state index contributed by atoms with van der Waals surface area (Å²) in [6, 6.07) is 14.8. The highest BCUT2D eigenvalue weighted by molar-refractivity contribution is 7.80. The van der Waals surface area contributed by atoms with Crippen LogP contribution in [-0.2, 0) is 7.05 Å². The first kappa shape index (κ1) is 24.5. The summed E-state index contributed by atoms with van der Waals surface area (Å²) in [4.78, 5) is 2.57. The molecule has 9 heteroatoms. The predicted octanol–water partition coefficient (Wildman–Crippen LogP) is 4.41. The number of halogens is 1. The number of thiocarbonyl (C=S) groups is 1. The summed E-state index contributed by atoms with van der Waals surface area (Å²) < 4.78 is 26.0. The van der Waals surface area contributed by atoms with Crippen LogP contribution in [0.1, 0.15) is 24.5 Å². The van der Waals surface area contributed by atoms with Crippen LogP contribution >= 0.6 is 12.2 Å². The van der Waals surface area contributed by atoms with Crippen LogP contribution in [-0.4, -0.2) is 59.7 Å². The molecule has 4 atom stereocenters. The van der Waals surface area contributed by atoms with Crippen LogP contribution in [0.25, 0.3) is 11.3 Å². The molecule has 190 valence electrons. The van der Waals surface area contributed by atoms with Crippen molar-refractivity contribution in [1.82, 2.24) is 20.0 Å². The Hall–Kier alpha value is -3.17. The number of hydrogen-bond acceptors (Lipinski definition) is 5. The third kappa shape index (κ3) is 5.03. The first-order chi connectivity index (χ1) is 17.4. The largest absolute Gasteiger partial charge is 0.493 e. The van der Waals surface area contributed by atoms with Gasteiger partial charge in [-0.3, -0.25) is 9.58 Å². The fourth-order valence-corrected chi connectivity index (χ4v) is 5.77. The van der Waals surface area contributed by atoms with Crippen LogP contribution in [0.4, 0.5) is 10.1 Å². The molecule has 0 aliphatic carbocycles. The molecule has 3 aromatic rings. The summed E-state index contributed by atoms with van der Waals surface area (Å²) >= 11 is 5.46. The molecule has 2 bridgehead atoms. The molecule has 1 aromatic heterocycles. The zero-order valence-corrected chi connectivity index (χ0v) is 21.6. The molecular weight excluding hydrogens is 477 g/mol. The number of anilines is 1. The number of fused-ring (bicyclic) bond motifs is 3. The third-order valence-electron chi connectivity index (χ3n) is 7.45. The molecule has 0 saturated carbocycles. The minimum atomic E-state index is -0.260. The molecule has 0 amide bonds. The van der Waals surface area contributed by atoms with Crippen molar-refractivity contribution in [2.75, 3.05) is 39.2 Å². The Morgan fingerprint density at radius 3 is 2.58 bits per heavy atom. The van der Waals surface area contributed by atoms with Gasteiger partial charge in [0.05, 0.1) is 19.9 Å². The van der Waals surface area contributed by atoms with Crippen LogP contribution in [0.2, 0.25) is 0 Å². The maximum Gasteiger partial charge on any atom is 0.170 e. The van der Waals surface area contributed by atoms with E-state index in [0.717, 1.165) is 43.0 Å². The lowest BCUT2D eigenvalue weighted by atomic mass is 9.74. The van der Waals surface area contributed by atoms with Crippen LogP contribution in [0.5, 0.6) is 11.5 Å². The molecule has 3 aliphatic rings. The lowest BCUT2D eigenvalue weighted by Crippen LogP contribution is -2.56. The van der Waals surface area contributed by atoms with E-state index in [-0.39, 0.29) is 5.82 Å². The van der Waals surface area contributed by atoms with Crippen LogP contribution in [0, 0.1) is 11.7 Å². The van der Waals surface area contributed by atoms with Crippen molar-refractivity contribution in [3.8, 4) is 22.8 Å². The molecular formula is C27H32FN5O2S. The van der Waals surface area contributed by atoms with Crippen molar-refractivity contribution in [2.24, 2.45) is 13.0 Å². The molecule has 4 unspecified atom stereocenters. The summed E-state index contributed by atoms with van der Waals surface area (Å²) in [6.07, 6.45) is 2.31. The van der Waals surface area contributed by atoms with E-state index in [2.05, 4.69) is 21.6 Å². The van der Waals surface area contributed by atoms with E-state index in [1.54, 1.807) is 26.4 Å². The van der Waals surface area contributed by atoms with Crippen molar-refractivity contribution in [3.05, 3.63) is 60.0 Å². The number of ether oxygens (including phenoxy) is 2. The van der Waals surface area contributed by atoms with Crippen molar-refractivity contribution >= 4 is 23.0 Å². The zero-order valence-electron chi connectivity index (χ0n) is 20.8. The number of nitrogens with one attached hydrogen (secondary N) is 2. The van der Waals surface area contributed by atoms with Crippen molar-refractivity contribution in [2.45, 2.75) is 24.8 Å². The van der Waals surface area contributed by atoms with Crippen LogP contribution < -0.4 is 20.1 Å². The van der Waals surface area contributed by atoms with Gasteiger partial charge in [-0.25, -0.2) is 4.39 Å². The van der Waals surface area contributed by atoms with E-state index in [1.807, 2.05) is 29.9 Å². The average molecular weight is 510 g/mol. The first-order valence-electron chi connectivity index (χ1n) is 12.3. The van der Waals surface area contributed by atoms with Crippen molar-refractivity contribution < 1.29 is 13.9 Å². The number of hydrogen-bond donors (Lipinski definition) is 2. The normalized spacial score (nSPS) is 22.8.